The Morgan fingerprint density at radius 3 is 2.54 bits per heavy atom. The van der Waals surface area contributed by atoms with Crippen molar-refractivity contribution in [3.05, 3.63) is 54.6 Å². The molecule has 1 aromatic carbocycles. The first-order chi connectivity index (χ1) is 6.00. The summed E-state index contributed by atoms with van der Waals surface area (Å²) in [5, 5.41) is 0. The van der Waals surface area contributed by atoms with Crippen LogP contribution in [-0.2, 0) is 19.5 Å². The van der Waals surface area contributed by atoms with Crippen LogP contribution in [0.1, 0.15) is 19.3 Å². The second-order valence-corrected chi connectivity index (χ2v) is 2.65. The molecule has 1 heteroatoms. The zero-order chi connectivity index (χ0) is 8.49. The van der Waals surface area contributed by atoms with Gasteiger partial charge in [-0.25, -0.2) is 24.3 Å². The van der Waals surface area contributed by atoms with E-state index in [1.165, 1.54) is 12.8 Å². The molecule has 0 saturated carbocycles. The van der Waals surface area contributed by atoms with Gasteiger partial charge in [-0.3, -0.25) is 6.08 Å². The second-order valence-electron chi connectivity index (χ2n) is 2.65. The van der Waals surface area contributed by atoms with Crippen molar-refractivity contribution >= 4 is 0 Å². The molecule has 70 valence electrons. The van der Waals surface area contributed by atoms with Crippen molar-refractivity contribution in [1.29, 1.82) is 0 Å². The van der Waals surface area contributed by atoms with E-state index in [1.54, 1.807) is 0 Å². The second kappa shape index (κ2) is 9.54. The summed E-state index contributed by atoms with van der Waals surface area (Å²) in [4.78, 5) is 0. The Balaban J connectivity index is 0.000000215. The van der Waals surface area contributed by atoms with E-state index in [4.69, 9.17) is 0 Å². The molecule has 0 bridgehead atoms. The van der Waals surface area contributed by atoms with E-state index >= 15 is 0 Å². The summed E-state index contributed by atoms with van der Waals surface area (Å²) >= 11 is 0. The van der Waals surface area contributed by atoms with E-state index in [9.17, 15) is 0 Å². The molecule has 0 heterocycles. The van der Waals surface area contributed by atoms with Gasteiger partial charge in [-0.15, -0.1) is 6.42 Å². The molecule has 0 fully saturated rings. The number of hydrogen-bond donors (Lipinski definition) is 0. The molecule has 1 aromatic rings. The minimum atomic E-state index is 0. The Labute approximate surface area is 93.5 Å². The third-order valence-corrected chi connectivity index (χ3v) is 1.60. The van der Waals surface area contributed by atoms with Gasteiger partial charge in [0, 0.05) is 0 Å². The molecule has 0 amide bonds. The summed E-state index contributed by atoms with van der Waals surface area (Å²) < 4.78 is 0. The summed E-state index contributed by atoms with van der Waals surface area (Å²) in [6.45, 7) is 0. The van der Waals surface area contributed by atoms with Gasteiger partial charge in [-0.05, 0) is 0 Å². The van der Waals surface area contributed by atoms with Gasteiger partial charge in [-0.2, -0.15) is 24.3 Å². The maximum Gasteiger partial charge on any atom is 2.00 e. The molecular weight excluding hydrogens is 245 g/mol. The first-order valence-corrected chi connectivity index (χ1v) is 4.38. The predicted molar refractivity (Wildman–Crippen MR) is 52.8 cm³/mol. The number of allylic oxidation sites excluding steroid dienone is 4. The molecule has 1 aliphatic rings. The van der Waals surface area contributed by atoms with Gasteiger partial charge in [0.1, 0.15) is 0 Å². The average molecular weight is 259 g/mol. The molecule has 0 aromatic heterocycles. The summed E-state index contributed by atoms with van der Waals surface area (Å²) in [7, 11) is 0. The predicted octanol–water partition coefficient (Wildman–Crippen LogP) is 3.49. The van der Waals surface area contributed by atoms with E-state index in [1.807, 2.05) is 36.4 Å². The van der Waals surface area contributed by atoms with E-state index in [-0.39, 0.29) is 19.5 Å². The molecule has 0 aliphatic heterocycles. The molecule has 0 unspecified atom stereocenters. The van der Waals surface area contributed by atoms with Crippen LogP contribution in [0.15, 0.2) is 48.6 Å². The zero-order valence-corrected chi connectivity index (χ0v) is 9.33. The Morgan fingerprint density at radius 1 is 1.15 bits per heavy atom. The van der Waals surface area contributed by atoms with Crippen LogP contribution in [0.3, 0.4) is 0 Å². The molecule has 0 saturated heterocycles. The Kier molecular flexibility index (Phi) is 9.14. The summed E-state index contributed by atoms with van der Waals surface area (Å²) in [6.07, 6.45) is 13.0. The third-order valence-electron chi connectivity index (χ3n) is 1.60. The monoisotopic (exact) mass is 260 g/mol. The molecule has 1 aliphatic carbocycles. The van der Waals surface area contributed by atoms with Gasteiger partial charge in [-0.1, -0.05) is 12.8 Å². The van der Waals surface area contributed by atoms with Gasteiger partial charge >= 0.3 is 19.5 Å². The van der Waals surface area contributed by atoms with Crippen LogP contribution < -0.4 is 0 Å². The van der Waals surface area contributed by atoms with Crippen LogP contribution in [0.4, 0.5) is 0 Å². The SMILES string of the molecule is [C-]1=CC=CCCC1.[Ru+2].c1cc[cH-]c1. The van der Waals surface area contributed by atoms with Crippen molar-refractivity contribution in [1.82, 2.24) is 0 Å². The molecular formula is C12H14Ru. The standard InChI is InChI=1S/C7H9.C5H5.Ru/c1-2-4-6-7-5-3-1;1-2-4-5-3-1;/h1-3H,4,6-7H2;1-5H;/q2*-1;+2. The first-order valence-electron chi connectivity index (χ1n) is 4.38. The molecule has 0 atom stereocenters. The summed E-state index contributed by atoms with van der Waals surface area (Å²) in [6, 6.07) is 10.0. The quantitative estimate of drug-likeness (QED) is 0.494. The fourth-order valence-electron chi connectivity index (χ4n) is 0.958. The average Bonchev–Trinajstić information content (AvgIpc) is 2.54. The van der Waals surface area contributed by atoms with Crippen LogP contribution in [0, 0.1) is 6.08 Å². The van der Waals surface area contributed by atoms with Crippen molar-refractivity contribution in [3.63, 3.8) is 0 Å². The van der Waals surface area contributed by atoms with Crippen LogP contribution >= 0.6 is 0 Å². The van der Waals surface area contributed by atoms with Crippen molar-refractivity contribution in [3.8, 4) is 0 Å². The minimum absolute atomic E-state index is 0. The maximum atomic E-state index is 3.14. The topological polar surface area (TPSA) is 0 Å². The molecule has 13 heavy (non-hydrogen) atoms. The largest absolute Gasteiger partial charge is 2.00 e. The Bertz CT molecular complexity index is 190. The number of rotatable bonds is 0. The fraction of sp³-hybridized carbons (Fsp3) is 0.250. The van der Waals surface area contributed by atoms with Gasteiger partial charge in [0.25, 0.3) is 0 Å². The molecule has 2 rings (SSSR count). The van der Waals surface area contributed by atoms with E-state index < -0.39 is 0 Å². The van der Waals surface area contributed by atoms with E-state index in [0.717, 1.165) is 6.42 Å². The van der Waals surface area contributed by atoms with Crippen molar-refractivity contribution in [2.75, 3.05) is 0 Å². The normalized spacial score (nSPS) is 13.5. The van der Waals surface area contributed by atoms with Gasteiger partial charge in [0.05, 0.1) is 0 Å². The smallest absolute Gasteiger partial charge is 0.275 e. The first kappa shape index (κ1) is 12.5. The van der Waals surface area contributed by atoms with Crippen molar-refractivity contribution in [2.24, 2.45) is 0 Å². The van der Waals surface area contributed by atoms with Crippen LogP contribution in [0.5, 0.6) is 0 Å². The fourth-order valence-corrected chi connectivity index (χ4v) is 0.958. The van der Waals surface area contributed by atoms with Crippen molar-refractivity contribution in [2.45, 2.75) is 19.3 Å². The van der Waals surface area contributed by atoms with E-state index in [0.29, 0.717) is 0 Å². The van der Waals surface area contributed by atoms with Crippen LogP contribution in [-0.4, -0.2) is 0 Å². The van der Waals surface area contributed by atoms with Crippen LogP contribution in [0.2, 0.25) is 0 Å². The molecule has 0 N–H and O–H groups in total. The molecule has 0 spiro atoms. The van der Waals surface area contributed by atoms with Gasteiger partial charge in [0.2, 0.25) is 0 Å². The minimum Gasteiger partial charge on any atom is -0.275 e. The van der Waals surface area contributed by atoms with Gasteiger partial charge in [0.15, 0.2) is 0 Å². The zero-order valence-electron chi connectivity index (χ0n) is 7.59. The Hall–Kier alpha value is -0.547. The summed E-state index contributed by atoms with van der Waals surface area (Å²) in [5.41, 5.74) is 0. The number of hydrogen-bond acceptors (Lipinski definition) is 0. The van der Waals surface area contributed by atoms with Crippen LogP contribution in [0.25, 0.3) is 0 Å². The van der Waals surface area contributed by atoms with E-state index in [2.05, 4.69) is 18.2 Å². The van der Waals surface area contributed by atoms with Gasteiger partial charge < -0.3 is 0 Å². The maximum absolute atomic E-state index is 3.14. The molecule has 0 radical (unpaired) electrons. The summed E-state index contributed by atoms with van der Waals surface area (Å²) in [5.74, 6) is 0. The van der Waals surface area contributed by atoms with Crippen molar-refractivity contribution < 1.29 is 19.5 Å². The third kappa shape index (κ3) is 7.80. The Morgan fingerprint density at radius 2 is 1.92 bits per heavy atom. The molecule has 0 nitrogen and oxygen atoms in total.